The molecule has 0 aliphatic carbocycles. The molecule has 28 nitrogen and oxygen atoms in total. The van der Waals surface area contributed by atoms with Gasteiger partial charge in [-0.2, -0.15) is 0 Å². The van der Waals surface area contributed by atoms with Crippen molar-refractivity contribution in [2.45, 2.75) is 187 Å². The summed E-state index contributed by atoms with van der Waals surface area (Å²) in [6.07, 6.45) is -0.666. The number of hydrogen-bond donors (Lipinski definition) is 9. The topological polar surface area (TPSA) is 378 Å². The van der Waals surface area contributed by atoms with Gasteiger partial charge in [0, 0.05) is 72.1 Å². The number of rotatable bonds is 37. The highest BCUT2D eigenvalue weighted by Crippen LogP contribution is 2.30. The monoisotopic (exact) mass is 1320 g/mol. The van der Waals surface area contributed by atoms with Crippen LogP contribution >= 0.6 is 0 Å². The number of hydrogen-bond acceptors (Lipinski definition) is 17. The van der Waals surface area contributed by atoms with Gasteiger partial charge in [0.2, 0.25) is 47.3 Å². The van der Waals surface area contributed by atoms with Gasteiger partial charge in [0.15, 0.2) is 0 Å². The van der Waals surface area contributed by atoms with Gasteiger partial charge in [-0.15, -0.1) is 0 Å². The number of nitrogens with one attached hydrogen (secondary N) is 6. The van der Waals surface area contributed by atoms with Crippen LogP contribution in [-0.4, -0.2) is 215 Å². The molecule has 1 saturated heterocycles. The molecule has 0 bridgehead atoms. The number of methoxy groups -OCH3 is 2. The number of aliphatic hydroxyl groups excluding tert-OH is 2. The Morgan fingerprint density at radius 2 is 1.36 bits per heavy atom. The number of amides is 11. The lowest BCUT2D eigenvalue weighted by molar-refractivity contribution is -0.148. The first-order valence-electron chi connectivity index (χ1n) is 31.9. The number of carboxylic acid groups (broad SMARTS) is 1. The highest BCUT2D eigenvalue weighted by molar-refractivity contribution is 6.13. The third kappa shape index (κ3) is 22.4. The molecule has 9 N–H and O–H groups in total. The van der Waals surface area contributed by atoms with Crippen LogP contribution in [0, 0.1) is 23.7 Å². The van der Waals surface area contributed by atoms with E-state index in [1.807, 2.05) is 19.9 Å². The van der Waals surface area contributed by atoms with Gasteiger partial charge in [-0.3, -0.25) is 62.5 Å². The van der Waals surface area contributed by atoms with Crippen LogP contribution in [0.2, 0.25) is 0 Å². The van der Waals surface area contributed by atoms with Crippen molar-refractivity contribution in [2.75, 3.05) is 53.3 Å². The van der Waals surface area contributed by atoms with E-state index in [1.165, 1.54) is 57.4 Å². The molecule has 2 aliphatic heterocycles. The lowest BCUT2D eigenvalue weighted by Gasteiger charge is -2.41. The minimum Gasteiger partial charge on any atom is -0.481 e. The Bertz CT molecular complexity index is 2950. The zero-order valence-electron chi connectivity index (χ0n) is 56.3. The van der Waals surface area contributed by atoms with Crippen molar-refractivity contribution >= 4 is 76.8 Å². The molecular formula is C66H98N10O18. The van der Waals surface area contributed by atoms with Gasteiger partial charge in [-0.25, -0.2) is 4.79 Å². The van der Waals surface area contributed by atoms with Crippen LogP contribution < -0.4 is 31.9 Å². The van der Waals surface area contributed by atoms with Crippen LogP contribution in [-0.2, 0) is 73.6 Å². The number of benzene rings is 2. The second kappa shape index (κ2) is 37.5. The second-order valence-electron chi connectivity index (χ2n) is 24.9. The number of aliphatic carboxylic acids is 1. The van der Waals surface area contributed by atoms with Crippen molar-refractivity contribution in [3.05, 3.63) is 77.9 Å². The number of anilines is 1. The predicted molar refractivity (Wildman–Crippen MR) is 344 cm³/mol. The molecule has 1 fully saturated rings. The van der Waals surface area contributed by atoms with Crippen molar-refractivity contribution in [1.29, 1.82) is 0 Å². The normalized spacial score (nSPS) is 17.6. The summed E-state index contributed by atoms with van der Waals surface area (Å²) < 4.78 is 17.5. The van der Waals surface area contributed by atoms with Crippen molar-refractivity contribution in [1.82, 2.24) is 46.2 Å². The highest BCUT2D eigenvalue weighted by Gasteiger charge is 2.44. The van der Waals surface area contributed by atoms with Crippen molar-refractivity contribution < 1.29 is 87.1 Å². The molecule has 520 valence electrons. The summed E-state index contributed by atoms with van der Waals surface area (Å²) in [7, 11) is 5.75. The van der Waals surface area contributed by atoms with Crippen molar-refractivity contribution in [2.24, 2.45) is 23.7 Å². The maximum absolute atomic E-state index is 14.7. The molecule has 0 saturated carbocycles. The van der Waals surface area contributed by atoms with Crippen molar-refractivity contribution in [3.8, 4) is 0 Å². The number of carbonyl (C=O) groups excluding carboxylic acids is 11. The average molecular weight is 1320 g/mol. The standard InChI is InChI=1S/C66H98N10O18/c1-14-39(6)57(50(92-12)34-54(81)75-31-18-21-48(75)59(93-13)40(7)60(85)67-41(8)58(84)44-19-16-15-17-20-44)74(11)65(90)56(38(4)5)72-64(89)49(35-77)73(10)66(91)94-36-43-22-24-45(25-23-43)69-62(87)46(26-29-55(82)83)71-61(86)42(9)68-63(88)47(33-37(2)3)70-51(78)30-32-76-52(79)27-28-53(76)80/h15-17,19-20,22-25,27-28,37-42,46-50,56-59,77,84H,14,18,21,26,29-36H2,1-13H3,(H,67,85)(H,68,88)(H,69,87)(H,70,78)(H,71,86)(H,72,89)(H,82,83)/t39-,40+,41+,42-,46-,47+,48-,49-,50+,56-,57-,58+,59+/m0/s1. The van der Waals surface area contributed by atoms with Crippen LogP contribution in [0.5, 0.6) is 0 Å². The Balaban J connectivity index is 1.35. The molecule has 2 aromatic carbocycles. The number of aliphatic hydroxyl groups is 2. The summed E-state index contributed by atoms with van der Waals surface area (Å²) >= 11 is 0. The van der Waals surface area contributed by atoms with Gasteiger partial charge in [-0.1, -0.05) is 97.4 Å². The minimum atomic E-state index is -1.53. The zero-order valence-corrected chi connectivity index (χ0v) is 56.3. The summed E-state index contributed by atoms with van der Waals surface area (Å²) in [4.78, 5) is 164. The number of carboxylic acids is 1. The molecule has 13 atom stereocenters. The van der Waals surface area contributed by atoms with E-state index in [1.54, 1.807) is 77.8 Å². The maximum Gasteiger partial charge on any atom is 0.410 e. The summed E-state index contributed by atoms with van der Waals surface area (Å²) in [5.74, 6) is -8.96. The second-order valence-corrected chi connectivity index (χ2v) is 24.9. The highest BCUT2D eigenvalue weighted by atomic mass is 16.6. The van der Waals surface area contributed by atoms with Crippen LogP contribution in [0.1, 0.15) is 131 Å². The smallest absolute Gasteiger partial charge is 0.410 e. The first kappa shape index (κ1) is 78.1. The minimum absolute atomic E-state index is 0.101. The fraction of sp³-hybridized carbons (Fsp3) is 0.606. The quantitative estimate of drug-likeness (QED) is 0.0439. The lowest BCUT2D eigenvalue weighted by Crippen LogP contribution is -2.60. The molecule has 28 heteroatoms. The molecule has 2 aromatic rings. The van der Waals surface area contributed by atoms with Crippen LogP contribution in [0.25, 0.3) is 0 Å². The van der Waals surface area contributed by atoms with E-state index in [4.69, 9.17) is 14.2 Å². The Hall–Kier alpha value is -8.34. The number of nitrogens with zero attached hydrogens (tertiary/aromatic N) is 4. The van der Waals surface area contributed by atoms with Crippen molar-refractivity contribution in [3.63, 3.8) is 0 Å². The van der Waals surface area contributed by atoms with Gasteiger partial charge in [0.05, 0.1) is 55.4 Å². The van der Waals surface area contributed by atoms with E-state index in [-0.39, 0.29) is 68.2 Å². The number of likely N-dealkylation sites (N-methyl/N-ethyl adjacent to an activating group) is 2. The molecule has 0 unspecified atom stereocenters. The predicted octanol–water partition coefficient (Wildman–Crippen LogP) is 2.55. The molecule has 4 rings (SSSR count). The first-order chi connectivity index (χ1) is 44.4. The third-order valence-electron chi connectivity index (χ3n) is 17.1. The van der Waals surface area contributed by atoms with E-state index < -0.39 is 151 Å². The van der Waals surface area contributed by atoms with E-state index in [0.717, 1.165) is 22.0 Å². The Kier molecular flexibility index (Phi) is 31.2. The molecule has 0 aromatic heterocycles. The van der Waals surface area contributed by atoms with E-state index in [0.29, 0.717) is 36.9 Å². The summed E-state index contributed by atoms with van der Waals surface area (Å²) in [6, 6.07) is 6.59. The first-order valence-corrected chi connectivity index (χ1v) is 31.9. The number of imide groups is 1. The van der Waals surface area contributed by atoms with Gasteiger partial charge in [-0.05, 0) is 80.5 Å². The molecule has 2 heterocycles. The summed E-state index contributed by atoms with van der Waals surface area (Å²) in [6.45, 7) is 14.6. The molecule has 0 spiro atoms. The summed E-state index contributed by atoms with van der Waals surface area (Å²) in [5, 5.41) is 46.7. The average Bonchev–Trinajstić information content (AvgIpc) is 1.54. The lowest BCUT2D eigenvalue weighted by atomic mass is 9.89. The van der Waals surface area contributed by atoms with E-state index in [9.17, 15) is 72.9 Å². The zero-order chi connectivity index (χ0) is 70.3. The molecule has 0 radical (unpaired) electrons. The Labute approximate surface area is 549 Å². The number of ether oxygens (including phenoxy) is 3. The SMILES string of the molecule is CC[C@H](C)[C@@H]([C@@H](CC(=O)N1CCC[C@H]1[C@H](OC)[C@@H](C)C(=O)N[C@H](C)[C@@H](O)c1ccccc1)OC)N(C)C(=O)[C@@H](NC(=O)[C@H](CO)N(C)C(=O)OCc1ccc(NC(=O)[C@H](CCC(=O)O)NC(=O)[C@H](C)NC(=O)[C@@H](CC(C)C)NC(=O)CCN2C(=O)C=CC2=O)cc1)C(C)C. The Morgan fingerprint density at radius 1 is 0.723 bits per heavy atom. The third-order valence-corrected chi connectivity index (χ3v) is 17.1. The Morgan fingerprint density at radius 3 is 1.93 bits per heavy atom. The molecule has 2 aliphatic rings. The molecular weight excluding hydrogens is 1220 g/mol. The number of carbonyl (C=O) groups is 12. The largest absolute Gasteiger partial charge is 0.481 e. The fourth-order valence-corrected chi connectivity index (χ4v) is 11.4. The van der Waals surface area contributed by atoms with Gasteiger partial charge >= 0.3 is 12.1 Å². The van der Waals surface area contributed by atoms with Gasteiger partial charge in [0.1, 0.15) is 36.8 Å². The summed E-state index contributed by atoms with van der Waals surface area (Å²) in [5.41, 5.74) is 1.26. The van der Waals surface area contributed by atoms with Crippen LogP contribution in [0.4, 0.5) is 10.5 Å². The van der Waals surface area contributed by atoms with E-state index in [2.05, 4.69) is 31.9 Å². The molecule has 11 amide bonds. The van der Waals surface area contributed by atoms with Gasteiger partial charge in [0.25, 0.3) is 11.8 Å². The van der Waals surface area contributed by atoms with Gasteiger partial charge < -0.3 is 71.2 Å². The number of likely N-dealkylation sites (tertiary alicyclic amines) is 1. The van der Waals surface area contributed by atoms with E-state index >= 15 is 0 Å². The fourth-order valence-electron chi connectivity index (χ4n) is 11.4. The van der Waals surface area contributed by atoms with Crippen LogP contribution in [0.3, 0.4) is 0 Å². The van der Waals surface area contributed by atoms with Crippen LogP contribution in [0.15, 0.2) is 66.7 Å². The molecule has 94 heavy (non-hydrogen) atoms. The maximum atomic E-state index is 14.7.